The number of rotatable bonds is 7. The third-order valence-corrected chi connectivity index (χ3v) is 4.35. The highest BCUT2D eigenvalue weighted by Crippen LogP contribution is 2.24. The van der Waals surface area contributed by atoms with Crippen LogP contribution in [0.15, 0.2) is 16.5 Å². The summed E-state index contributed by atoms with van der Waals surface area (Å²) in [6.07, 6.45) is 0. The first-order chi connectivity index (χ1) is 7.99. The van der Waals surface area contributed by atoms with E-state index in [4.69, 9.17) is 4.42 Å². The Kier molecular flexibility index (Phi) is 6.14. The van der Waals surface area contributed by atoms with E-state index in [0.29, 0.717) is 11.3 Å². The summed E-state index contributed by atoms with van der Waals surface area (Å²) in [5.74, 6) is 3.81. The molecule has 0 amide bonds. The van der Waals surface area contributed by atoms with Crippen molar-refractivity contribution in [3.63, 3.8) is 0 Å². The first-order valence-electron chi connectivity index (χ1n) is 6.41. The van der Waals surface area contributed by atoms with E-state index in [0.717, 1.165) is 29.7 Å². The van der Waals surface area contributed by atoms with Gasteiger partial charge in [-0.2, -0.15) is 11.8 Å². The van der Waals surface area contributed by atoms with Gasteiger partial charge in [-0.15, -0.1) is 0 Å². The van der Waals surface area contributed by atoms with E-state index in [-0.39, 0.29) is 0 Å². The van der Waals surface area contributed by atoms with E-state index < -0.39 is 0 Å². The number of hydrogen-bond acceptors (Lipinski definition) is 3. The van der Waals surface area contributed by atoms with Crippen molar-refractivity contribution in [3.8, 4) is 0 Å². The summed E-state index contributed by atoms with van der Waals surface area (Å²) < 4.78 is 5.78. The molecule has 17 heavy (non-hydrogen) atoms. The summed E-state index contributed by atoms with van der Waals surface area (Å²) in [5.41, 5.74) is 0. The summed E-state index contributed by atoms with van der Waals surface area (Å²) >= 11 is 1.96. The topological polar surface area (TPSA) is 25.2 Å². The van der Waals surface area contributed by atoms with Crippen LogP contribution in [0.3, 0.4) is 0 Å². The van der Waals surface area contributed by atoms with Gasteiger partial charge in [0.1, 0.15) is 11.5 Å². The van der Waals surface area contributed by atoms with Gasteiger partial charge in [-0.1, -0.05) is 34.6 Å². The van der Waals surface area contributed by atoms with Crippen molar-refractivity contribution in [2.75, 3.05) is 0 Å². The molecule has 0 aliphatic heterocycles. The van der Waals surface area contributed by atoms with Gasteiger partial charge < -0.3 is 9.73 Å². The molecule has 1 aromatic heterocycles. The second-order valence-corrected chi connectivity index (χ2v) is 6.53. The predicted molar refractivity (Wildman–Crippen MR) is 76.3 cm³/mol. The maximum atomic E-state index is 5.78. The number of furan rings is 1. The lowest BCUT2D eigenvalue weighted by atomic mass is 10.2. The fourth-order valence-corrected chi connectivity index (χ4v) is 2.27. The van der Waals surface area contributed by atoms with Gasteiger partial charge in [0.15, 0.2) is 0 Å². The van der Waals surface area contributed by atoms with E-state index in [1.54, 1.807) is 0 Å². The summed E-state index contributed by atoms with van der Waals surface area (Å²) in [5, 5.41) is 4.04. The molecule has 1 atom stereocenters. The molecule has 0 saturated heterocycles. The molecule has 1 heterocycles. The molecule has 2 nitrogen and oxygen atoms in total. The quantitative estimate of drug-likeness (QED) is 0.795. The fourth-order valence-electron chi connectivity index (χ4n) is 1.31. The molecule has 0 spiro atoms. The number of hydrogen-bond donors (Lipinski definition) is 1. The molecule has 0 aliphatic carbocycles. The van der Waals surface area contributed by atoms with Crippen molar-refractivity contribution in [1.29, 1.82) is 0 Å². The third-order valence-electron chi connectivity index (χ3n) is 2.83. The average molecular weight is 255 g/mol. The molecule has 0 aromatic carbocycles. The van der Waals surface area contributed by atoms with Crippen LogP contribution in [0.2, 0.25) is 0 Å². The van der Waals surface area contributed by atoms with Crippen LogP contribution in [0.1, 0.15) is 46.1 Å². The fraction of sp³-hybridized carbons (Fsp3) is 0.714. The third kappa shape index (κ3) is 5.64. The van der Waals surface area contributed by atoms with E-state index >= 15 is 0 Å². The molecule has 0 radical (unpaired) electrons. The molecule has 0 saturated carbocycles. The van der Waals surface area contributed by atoms with Gasteiger partial charge in [-0.05, 0) is 18.1 Å². The Morgan fingerprint density at radius 2 is 1.76 bits per heavy atom. The molecular weight excluding hydrogens is 230 g/mol. The van der Waals surface area contributed by atoms with E-state index in [2.05, 4.69) is 52.1 Å². The van der Waals surface area contributed by atoms with Crippen LogP contribution in [-0.2, 0) is 12.3 Å². The minimum Gasteiger partial charge on any atom is -0.464 e. The standard InChI is InChI=1S/C14H25NOS/c1-10(2)12(5)17-9-14-7-6-13(16-14)8-15-11(3)4/h6-7,10-12,15H,8-9H2,1-5H3. The maximum Gasteiger partial charge on any atom is 0.118 e. The highest BCUT2D eigenvalue weighted by Gasteiger charge is 2.09. The molecule has 0 aliphatic rings. The first kappa shape index (κ1) is 14.7. The molecule has 1 N–H and O–H groups in total. The zero-order valence-electron chi connectivity index (χ0n) is 11.6. The Labute approximate surface area is 110 Å². The summed E-state index contributed by atoms with van der Waals surface area (Å²) in [7, 11) is 0. The van der Waals surface area contributed by atoms with E-state index in [1.165, 1.54) is 0 Å². The zero-order valence-corrected chi connectivity index (χ0v) is 12.4. The van der Waals surface area contributed by atoms with Gasteiger partial charge in [-0.25, -0.2) is 0 Å². The molecular formula is C14H25NOS. The van der Waals surface area contributed by atoms with Crippen molar-refractivity contribution in [2.45, 2.75) is 58.2 Å². The Morgan fingerprint density at radius 3 is 2.35 bits per heavy atom. The van der Waals surface area contributed by atoms with Crippen molar-refractivity contribution in [1.82, 2.24) is 5.32 Å². The lowest BCUT2D eigenvalue weighted by molar-refractivity contribution is 0.445. The maximum absolute atomic E-state index is 5.78. The van der Waals surface area contributed by atoms with Crippen molar-refractivity contribution in [2.24, 2.45) is 5.92 Å². The van der Waals surface area contributed by atoms with Crippen molar-refractivity contribution < 1.29 is 4.42 Å². The van der Waals surface area contributed by atoms with Crippen LogP contribution in [0.25, 0.3) is 0 Å². The second-order valence-electron chi connectivity index (χ2n) is 5.16. The van der Waals surface area contributed by atoms with Gasteiger partial charge in [0.05, 0.1) is 12.3 Å². The van der Waals surface area contributed by atoms with E-state index in [1.807, 2.05) is 11.8 Å². The second kappa shape index (κ2) is 7.12. The molecule has 0 fully saturated rings. The van der Waals surface area contributed by atoms with E-state index in [9.17, 15) is 0 Å². The van der Waals surface area contributed by atoms with Crippen LogP contribution in [0, 0.1) is 5.92 Å². The number of nitrogens with one attached hydrogen (secondary N) is 1. The highest BCUT2D eigenvalue weighted by atomic mass is 32.2. The SMILES string of the molecule is CC(C)NCc1ccc(CSC(C)C(C)C)o1. The van der Waals surface area contributed by atoms with Crippen LogP contribution >= 0.6 is 11.8 Å². The van der Waals surface area contributed by atoms with Crippen LogP contribution in [0.5, 0.6) is 0 Å². The zero-order chi connectivity index (χ0) is 12.8. The number of thioether (sulfide) groups is 1. The summed E-state index contributed by atoms with van der Waals surface area (Å²) in [6.45, 7) is 11.9. The molecule has 98 valence electrons. The Bertz CT molecular complexity index is 320. The predicted octanol–water partition coefficient (Wildman–Crippen LogP) is 4.06. The van der Waals surface area contributed by atoms with Crippen molar-refractivity contribution in [3.05, 3.63) is 23.7 Å². The normalized spacial score (nSPS) is 13.6. The van der Waals surface area contributed by atoms with Gasteiger partial charge in [-0.3, -0.25) is 0 Å². The smallest absolute Gasteiger partial charge is 0.118 e. The van der Waals surface area contributed by atoms with Crippen LogP contribution in [-0.4, -0.2) is 11.3 Å². The molecule has 1 rings (SSSR count). The Morgan fingerprint density at radius 1 is 1.12 bits per heavy atom. The van der Waals surface area contributed by atoms with Gasteiger partial charge >= 0.3 is 0 Å². The van der Waals surface area contributed by atoms with Crippen molar-refractivity contribution >= 4 is 11.8 Å². The summed E-state index contributed by atoms with van der Waals surface area (Å²) in [4.78, 5) is 0. The molecule has 1 unspecified atom stereocenters. The summed E-state index contributed by atoms with van der Waals surface area (Å²) in [6, 6.07) is 4.67. The molecule has 3 heteroatoms. The Balaban J connectivity index is 2.35. The van der Waals surface area contributed by atoms with Crippen LogP contribution < -0.4 is 5.32 Å². The minimum absolute atomic E-state index is 0.499. The minimum atomic E-state index is 0.499. The lowest BCUT2D eigenvalue weighted by Crippen LogP contribution is -2.21. The lowest BCUT2D eigenvalue weighted by Gasteiger charge is -2.13. The average Bonchev–Trinajstić information content (AvgIpc) is 2.70. The monoisotopic (exact) mass is 255 g/mol. The van der Waals surface area contributed by atoms with Gasteiger partial charge in [0, 0.05) is 11.3 Å². The first-order valence-corrected chi connectivity index (χ1v) is 7.46. The Hall–Kier alpha value is -0.410. The highest BCUT2D eigenvalue weighted by molar-refractivity contribution is 7.99. The molecule has 0 bridgehead atoms. The molecule has 1 aromatic rings. The van der Waals surface area contributed by atoms with Gasteiger partial charge in [0.2, 0.25) is 0 Å². The van der Waals surface area contributed by atoms with Crippen LogP contribution in [0.4, 0.5) is 0 Å². The van der Waals surface area contributed by atoms with Gasteiger partial charge in [0.25, 0.3) is 0 Å². The largest absolute Gasteiger partial charge is 0.464 e.